The third kappa shape index (κ3) is 3.83. The van der Waals surface area contributed by atoms with E-state index in [-0.39, 0.29) is 0 Å². The van der Waals surface area contributed by atoms with E-state index in [9.17, 15) is 0 Å². The first-order valence-corrected chi connectivity index (χ1v) is 11.4. The number of anilines is 1. The summed E-state index contributed by atoms with van der Waals surface area (Å²) in [7, 11) is 0. The van der Waals surface area contributed by atoms with Crippen molar-refractivity contribution in [1.82, 2.24) is 14.5 Å². The van der Waals surface area contributed by atoms with Crippen molar-refractivity contribution in [2.45, 2.75) is 53.4 Å². The van der Waals surface area contributed by atoms with Gasteiger partial charge in [0.2, 0.25) is 0 Å². The zero-order chi connectivity index (χ0) is 21.4. The smallest absolute Gasteiger partial charge is 0.150 e. The van der Waals surface area contributed by atoms with Gasteiger partial charge in [-0.2, -0.15) is 5.26 Å². The van der Waals surface area contributed by atoms with E-state index in [0.29, 0.717) is 12.3 Å². The van der Waals surface area contributed by atoms with Gasteiger partial charge in [-0.3, -0.25) is 0 Å². The molecule has 0 spiro atoms. The third-order valence-electron chi connectivity index (χ3n) is 6.11. The number of aromatic nitrogens is 3. The number of fused-ring (bicyclic) bond motifs is 1. The molecule has 0 radical (unpaired) electrons. The SMILES string of the molecule is Cc1nc(N2CCCC(CCC#N)C2)c2c(C)cn(-c3c(C)cc(Br)cc3C)c2n1. The number of rotatable bonds is 4. The highest BCUT2D eigenvalue weighted by Gasteiger charge is 2.25. The van der Waals surface area contributed by atoms with E-state index in [0.717, 1.165) is 53.1 Å². The van der Waals surface area contributed by atoms with Crippen LogP contribution >= 0.6 is 15.9 Å². The molecule has 1 atom stereocenters. The zero-order valence-corrected chi connectivity index (χ0v) is 19.8. The van der Waals surface area contributed by atoms with Crippen LogP contribution in [0.4, 0.5) is 5.82 Å². The van der Waals surface area contributed by atoms with Crippen LogP contribution in [0, 0.1) is 44.9 Å². The molecule has 4 rings (SSSR count). The van der Waals surface area contributed by atoms with Gasteiger partial charge < -0.3 is 9.47 Å². The van der Waals surface area contributed by atoms with Crippen LogP contribution in [0.15, 0.2) is 22.8 Å². The molecule has 0 N–H and O–H groups in total. The summed E-state index contributed by atoms with van der Waals surface area (Å²) in [5, 5.41) is 10.1. The lowest BCUT2D eigenvalue weighted by atomic mass is 9.93. The molecule has 156 valence electrons. The normalized spacial score (nSPS) is 16.8. The van der Waals surface area contributed by atoms with Gasteiger partial charge in [0, 0.05) is 30.2 Å². The second-order valence-electron chi connectivity index (χ2n) is 8.51. The molecular formula is C24H28BrN5. The third-order valence-corrected chi connectivity index (χ3v) is 6.57. The second-order valence-corrected chi connectivity index (χ2v) is 9.43. The number of benzene rings is 1. The molecule has 1 unspecified atom stereocenters. The maximum Gasteiger partial charge on any atom is 0.150 e. The molecule has 3 heterocycles. The fourth-order valence-corrected chi connectivity index (χ4v) is 5.52. The van der Waals surface area contributed by atoms with E-state index in [4.69, 9.17) is 15.2 Å². The van der Waals surface area contributed by atoms with E-state index >= 15 is 0 Å². The average molecular weight is 466 g/mol. The van der Waals surface area contributed by atoms with Crippen molar-refractivity contribution in [2.75, 3.05) is 18.0 Å². The minimum absolute atomic E-state index is 0.557. The van der Waals surface area contributed by atoms with Gasteiger partial charge in [-0.15, -0.1) is 0 Å². The van der Waals surface area contributed by atoms with Gasteiger partial charge in [-0.25, -0.2) is 9.97 Å². The number of hydrogen-bond acceptors (Lipinski definition) is 4. The Balaban J connectivity index is 1.84. The molecule has 3 aromatic rings. The van der Waals surface area contributed by atoms with Crippen molar-refractivity contribution in [3.8, 4) is 11.8 Å². The van der Waals surface area contributed by atoms with E-state index in [2.05, 4.69) is 70.6 Å². The van der Waals surface area contributed by atoms with Gasteiger partial charge in [0.1, 0.15) is 11.6 Å². The Morgan fingerprint density at radius 2 is 1.87 bits per heavy atom. The van der Waals surface area contributed by atoms with Crippen molar-refractivity contribution < 1.29 is 0 Å². The van der Waals surface area contributed by atoms with E-state index in [1.807, 2.05) is 6.92 Å². The number of halogens is 1. The molecule has 1 saturated heterocycles. The predicted molar refractivity (Wildman–Crippen MR) is 125 cm³/mol. The lowest BCUT2D eigenvalue weighted by Gasteiger charge is -2.34. The Morgan fingerprint density at radius 1 is 1.13 bits per heavy atom. The molecule has 6 heteroatoms. The second kappa shape index (κ2) is 8.39. The summed E-state index contributed by atoms with van der Waals surface area (Å²) in [6.45, 7) is 10.4. The monoisotopic (exact) mass is 465 g/mol. The number of aryl methyl sites for hydroxylation is 4. The lowest BCUT2D eigenvalue weighted by Crippen LogP contribution is -2.36. The number of nitriles is 1. The molecule has 5 nitrogen and oxygen atoms in total. The lowest BCUT2D eigenvalue weighted by molar-refractivity contribution is 0.394. The fraction of sp³-hybridized carbons (Fsp3) is 0.458. The molecular weight excluding hydrogens is 438 g/mol. The van der Waals surface area contributed by atoms with Crippen LogP contribution in [-0.4, -0.2) is 27.6 Å². The molecule has 0 aliphatic carbocycles. The number of piperidine rings is 1. The van der Waals surface area contributed by atoms with Crippen molar-refractivity contribution >= 4 is 32.8 Å². The first kappa shape index (κ1) is 20.9. The molecule has 30 heavy (non-hydrogen) atoms. The molecule has 1 aromatic carbocycles. The Bertz CT molecular complexity index is 1120. The van der Waals surface area contributed by atoms with Crippen LogP contribution in [0.5, 0.6) is 0 Å². The van der Waals surface area contributed by atoms with Crippen LogP contribution in [0.1, 0.15) is 48.2 Å². The average Bonchev–Trinajstić information content (AvgIpc) is 3.01. The van der Waals surface area contributed by atoms with Gasteiger partial charge in [-0.1, -0.05) is 15.9 Å². The standard InChI is InChI=1S/C24H28BrN5/c1-15-11-20(25)12-16(2)22(15)30-13-17(3)21-23(27-18(4)28-24(21)30)29-10-6-8-19(14-29)7-5-9-26/h11-13,19H,5-8,10,14H2,1-4H3. The minimum Gasteiger partial charge on any atom is -0.356 e. The molecule has 0 amide bonds. The molecule has 0 saturated carbocycles. The maximum atomic E-state index is 8.98. The number of hydrogen-bond donors (Lipinski definition) is 0. The predicted octanol–water partition coefficient (Wildman–Crippen LogP) is 5.94. The van der Waals surface area contributed by atoms with Crippen molar-refractivity contribution in [1.29, 1.82) is 5.26 Å². The van der Waals surface area contributed by atoms with E-state index < -0.39 is 0 Å². The van der Waals surface area contributed by atoms with Gasteiger partial charge >= 0.3 is 0 Å². The molecule has 2 aromatic heterocycles. The summed E-state index contributed by atoms with van der Waals surface area (Å²) in [6.07, 6.45) is 6.14. The van der Waals surface area contributed by atoms with Crippen molar-refractivity contribution in [3.63, 3.8) is 0 Å². The summed E-state index contributed by atoms with van der Waals surface area (Å²) in [5.74, 6) is 2.40. The van der Waals surface area contributed by atoms with Crippen molar-refractivity contribution in [3.05, 3.63) is 45.3 Å². The summed E-state index contributed by atoms with van der Waals surface area (Å²) in [5.41, 5.74) is 5.78. The van der Waals surface area contributed by atoms with Gasteiger partial charge in [-0.05, 0) is 81.7 Å². The Kier molecular flexibility index (Phi) is 5.84. The van der Waals surface area contributed by atoms with Crippen LogP contribution in [0.2, 0.25) is 0 Å². The maximum absolute atomic E-state index is 8.98. The largest absolute Gasteiger partial charge is 0.356 e. The molecule has 0 bridgehead atoms. The summed E-state index contributed by atoms with van der Waals surface area (Å²) < 4.78 is 3.33. The highest BCUT2D eigenvalue weighted by molar-refractivity contribution is 9.10. The van der Waals surface area contributed by atoms with Crippen molar-refractivity contribution in [2.24, 2.45) is 5.92 Å². The molecule has 1 aliphatic heterocycles. The van der Waals surface area contributed by atoms with E-state index in [1.54, 1.807) is 0 Å². The first-order valence-electron chi connectivity index (χ1n) is 10.6. The molecule has 1 fully saturated rings. The van der Waals surface area contributed by atoms with Gasteiger partial charge in [0.05, 0.1) is 17.1 Å². The summed E-state index contributed by atoms with van der Waals surface area (Å²) in [4.78, 5) is 12.2. The Labute approximate surface area is 186 Å². The van der Waals surface area contributed by atoms with Crippen LogP contribution in [0.25, 0.3) is 16.7 Å². The van der Waals surface area contributed by atoms with Crippen LogP contribution in [-0.2, 0) is 0 Å². The fourth-order valence-electron chi connectivity index (χ4n) is 4.83. The topological polar surface area (TPSA) is 57.7 Å². The zero-order valence-electron chi connectivity index (χ0n) is 18.2. The highest BCUT2D eigenvalue weighted by atomic mass is 79.9. The first-order chi connectivity index (χ1) is 14.4. The quantitative estimate of drug-likeness (QED) is 0.478. The summed E-state index contributed by atoms with van der Waals surface area (Å²) in [6, 6.07) is 6.61. The highest BCUT2D eigenvalue weighted by Crippen LogP contribution is 2.35. The Morgan fingerprint density at radius 3 is 2.57 bits per heavy atom. The van der Waals surface area contributed by atoms with Crippen LogP contribution in [0.3, 0.4) is 0 Å². The summed E-state index contributed by atoms with van der Waals surface area (Å²) >= 11 is 3.61. The van der Waals surface area contributed by atoms with Gasteiger partial charge in [0.15, 0.2) is 5.65 Å². The Hall–Kier alpha value is -2.39. The van der Waals surface area contributed by atoms with Crippen LogP contribution < -0.4 is 4.90 Å². The van der Waals surface area contributed by atoms with E-state index in [1.165, 1.54) is 28.8 Å². The molecule has 1 aliphatic rings. The van der Waals surface area contributed by atoms with Gasteiger partial charge in [0.25, 0.3) is 0 Å². The number of nitrogens with zero attached hydrogens (tertiary/aromatic N) is 5. The minimum atomic E-state index is 0.557.